The van der Waals surface area contributed by atoms with Gasteiger partial charge in [-0.05, 0) is 24.7 Å². The average Bonchev–Trinajstić information content (AvgIpc) is 2.94. The molecule has 3 heteroatoms. The van der Waals surface area contributed by atoms with Gasteiger partial charge in [-0.3, -0.25) is 0 Å². The van der Waals surface area contributed by atoms with Gasteiger partial charge < -0.3 is 5.32 Å². The third-order valence-electron chi connectivity index (χ3n) is 3.31. The molecule has 2 nitrogen and oxygen atoms in total. The molecule has 1 aliphatic rings. The second kappa shape index (κ2) is 4.62. The van der Waals surface area contributed by atoms with E-state index >= 15 is 0 Å². The van der Waals surface area contributed by atoms with Crippen LogP contribution >= 0.6 is 11.3 Å². The van der Waals surface area contributed by atoms with E-state index in [0.717, 1.165) is 19.0 Å². The Morgan fingerprint density at radius 1 is 1.60 bits per heavy atom. The standard InChI is InChI=1S/C12H20N2S/c1-3-12(2,9-14-10-4-5-10)8-11-13-6-7-15-11/h6-7,10,14H,3-5,8-9H2,1-2H3. The molecule has 2 rings (SSSR count). The Balaban J connectivity index is 1.87. The van der Waals surface area contributed by atoms with Crippen LogP contribution in [-0.4, -0.2) is 17.6 Å². The van der Waals surface area contributed by atoms with E-state index in [0.29, 0.717) is 5.41 Å². The van der Waals surface area contributed by atoms with Gasteiger partial charge in [-0.2, -0.15) is 0 Å². The van der Waals surface area contributed by atoms with E-state index in [-0.39, 0.29) is 0 Å². The second-order valence-electron chi connectivity index (χ2n) is 4.92. The number of hydrogen-bond acceptors (Lipinski definition) is 3. The van der Waals surface area contributed by atoms with Crippen molar-refractivity contribution in [3.63, 3.8) is 0 Å². The first-order valence-electron chi connectivity index (χ1n) is 5.84. The van der Waals surface area contributed by atoms with E-state index < -0.39 is 0 Å². The first-order chi connectivity index (χ1) is 7.22. The van der Waals surface area contributed by atoms with Crippen LogP contribution < -0.4 is 5.32 Å². The summed E-state index contributed by atoms with van der Waals surface area (Å²) >= 11 is 1.78. The summed E-state index contributed by atoms with van der Waals surface area (Å²) in [6.45, 7) is 5.78. The Kier molecular flexibility index (Phi) is 3.42. The molecular formula is C12H20N2S. The summed E-state index contributed by atoms with van der Waals surface area (Å²) < 4.78 is 0. The molecule has 0 aromatic carbocycles. The van der Waals surface area contributed by atoms with Crippen LogP contribution in [0.3, 0.4) is 0 Å². The molecule has 0 spiro atoms. The Morgan fingerprint density at radius 3 is 2.93 bits per heavy atom. The zero-order chi connectivity index (χ0) is 10.7. The molecule has 1 aromatic heterocycles. The summed E-state index contributed by atoms with van der Waals surface area (Å²) in [5, 5.41) is 6.98. The number of nitrogens with zero attached hydrogens (tertiary/aromatic N) is 1. The highest BCUT2D eigenvalue weighted by Crippen LogP contribution is 2.28. The van der Waals surface area contributed by atoms with E-state index in [9.17, 15) is 0 Å². The first-order valence-corrected chi connectivity index (χ1v) is 6.71. The number of thiazole rings is 1. The van der Waals surface area contributed by atoms with E-state index in [1.165, 1.54) is 24.3 Å². The minimum atomic E-state index is 0.375. The van der Waals surface area contributed by atoms with Crippen molar-refractivity contribution >= 4 is 11.3 Å². The van der Waals surface area contributed by atoms with E-state index in [2.05, 4.69) is 29.5 Å². The lowest BCUT2D eigenvalue weighted by Crippen LogP contribution is -2.34. The molecule has 1 aliphatic carbocycles. The smallest absolute Gasteiger partial charge is 0.0930 e. The quantitative estimate of drug-likeness (QED) is 0.803. The molecule has 1 heterocycles. The Bertz CT molecular complexity index is 293. The van der Waals surface area contributed by atoms with E-state index in [1.807, 2.05) is 6.20 Å². The molecule has 1 saturated carbocycles. The third kappa shape index (κ3) is 3.28. The molecule has 0 amide bonds. The fourth-order valence-electron chi connectivity index (χ4n) is 1.70. The lowest BCUT2D eigenvalue weighted by atomic mass is 9.84. The van der Waals surface area contributed by atoms with Crippen LogP contribution in [0, 0.1) is 5.41 Å². The topological polar surface area (TPSA) is 24.9 Å². The number of rotatable bonds is 6. The van der Waals surface area contributed by atoms with Crippen molar-refractivity contribution in [1.82, 2.24) is 10.3 Å². The summed E-state index contributed by atoms with van der Waals surface area (Å²) in [5.74, 6) is 0. The molecule has 1 aromatic rings. The van der Waals surface area contributed by atoms with Crippen LogP contribution in [0.4, 0.5) is 0 Å². The molecule has 0 aliphatic heterocycles. The average molecular weight is 224 g/mol. The number of hydrogen-bond donors (Lipinski definition) is 1. The maximum atomic E-state index is 4.38. The Hall–Kier alpha value is -0.410. The van der Waals surface area contributed by atoms with Gasteiger partial charge in [0, 0.05) is 30.6 Å². The minimum absolute atomic E-state index is 0.375. The molecule has 0 bridgehead atoms. The second-order valence-corrected chi connectivity index (χ2v) is 5.90. The van der Waals surface area contributed by atoms with Gasteiger partial charge in [0.15, 0.2) is 0 Å². The van der Waals surface area contributed by atoms with Gasteiger partial charge >= 0.3 is 0 Å². The van der Waals surface area contributed by atoms with Crippen LogP contribution in [0.25, 0.3) is 0 Å². The molecule has 0 saturated heterocycles. The summed E-state index contributed by atoms with van der Waals surface area (Å²) in [7, 11) is 0. The molecular weight excluding hydrogens is 204 g/mol. The monoisotopic (exact) mass is 224 g/mol. The summed E-state index contributed by atoms with van der Waals surface area (Å²) in [4.78, 5) is 4.38. The van der Waals surface area contributed by atoms with Crippen LogP contribution in [0.2, 0.25) is 0 Å². The van der Waals surface area contributed by atoms with Crippen LogP contribution in [-0.2, 0) is 6.42 Å². The van der Waals surface area contributed by atoms with Gasteiger partial charge in [0.05, 0.1) is 5.01 Å². The van der Waals surface area contributed by atoms with Crippen molar-refractivity contribution in [3.8, 4) is 0 Å². The predicted octanol–water partition coefficient (Wildman–Crippen LogP) is 2.85. The van der Waals surface area contributed by atoms with Gasteiger partial charge in [0.1, 0.15) is 0 Å². The largest absolute Gasteiger partial charge is 0.313 e. The molecule has 1 N–H and O–H groups in total. The van der Waals surface area contributed by atoms with Crippen LogP contribution in [0.15, 0.2) is 11.6 Å². The number of aromatic nitrogens is 1. The van der Waals surface area contributed by atoms with Crippen molar-refractivity contribution in [2.45, 2.75) is 45.6 Å². The minimum Gasteiger partial charge on any atom is -0.313 e. The van der Waals surface area contributed by atoms with Gasteiger partial charge in [-0.25, -0.2) is 4.98 Å². The molecule has 15 heavy (non-hydrogen) atoms. The zero-order valence-electron chi connectivity index (χ0n) is 9.62. The fourth-order valence-corrected chi connectivity index (χ4v) is 2.53. The van der Waals surface area contributed by atoms with Crippen molar-refractivity contribution in [2.24, 2.45) is 5.41 Å². The summed E-state index contributed by atoms with van der Waals surface area (Å²) in [5.41, 5.74) is 0.375. The highest BCUT2D eigenvalue weighted by Gasteiger charge is 2.28. The lowest BCUT2D eigenvalue weighted by Gasteiger charge is -2.27. The third-order valence-corrected chi connectivity index (χ3v) is 4.09. The normalized spacial score (nSPS) is 20.1. The van der Waals surface area contributed by atoms with Crippen molar-refractivity contribution in [3.05, 3.63) is 16.6 Å². The van der Waals surface area contributed by atoms with Crippen LogP contribution in [0.1, 0.15) is 38.1 Å². The molecule has 1 unspecified atom stereocenters. The van der Waals surface area contributed by atoms with Gasteiger partial charge in [-0.15, -0.1) is 11.3 Å². The SMILES string of the molecule is CCC(C)(CNC1CC1)Cc1nccs1. The van der Waals surface area contributed by atoms with Gasteiger partial charge in [0.2, 0.25) is 0 Å². The Morgan fingerprint density at radius 2 is 2.40 bits per heavy atom. The summed E-state index contributed by atoms with van der Waals surface area (Å²) in [6, 6.07) is 0.812. The molecule has 1 atom stereocenters. The molecule has 1 fully saturated rings. The fraction of sp³-hybridized carbons (Fsp3) is 0.750. The van der Waals surface area contributed by atoms with E-state index in [1.54, 1.807) is 11.3 Å². The Labute approximate surface area is 96.1 Å². The summed E-state index contributed by atoms with van der Waals surface area (Å²) in [6.07, 6.45) is 6.98. The van der Waals surface area contributed by atoms with Crippen LogP contribution in [0.5, 0.6) is 0 Å². The van der Waals surface area contributed by atoms with Gasteiger partial charge in [-0.1, -0.05) is 13.8 Å². The first kappa shape index (κ1) is 11.1. The maximum Gasteiger partial charge on any atom is 0.0930 e. The van der Waals surface area contributed by atoms with Crippen molar-refractivity contribution in [2.75, 3.05) is 6.54 Å². The van der Waals surface area contributed by atoms with Crippen molar-refractivity contribution in [1.29, 1.82) is 0 Å². The van der Waals surface area contributed by atoms with Gasteiger partial charge in [0.25, 0.3) is 0 Å². The predicted molar refractivity (Wildman–Crippen MR) is 65.2 cm³/mol. The number of nitrogens with one attached hydrogen (secondary N) is 1. The maximum absolute atomic E-state index is 4.38. The lowest BCUT2D eigenvalue weighted by molar-refractivity contribution is 0.289. The highest BCUT2D eigenvalue weighted by molar-refractivity contribution is 7.09. The highest BCUT2D eigenvalue weighted by atomic mass is 32.1. The van der Waals surface area contributed by atoms with E-state index in [4.69, 9.17) is 0 Å². The van der Waals surface area contributed by atoms with Crippen molar-refractivity contribution < 1.29 is 0 Å². The molecule has 0 radical (unpaired) electrons. The molecule has 84 valence electrons. The zero-order valence-corrected chi connectivity index (χ0v) is 10.4.